The summed E-state index contributed by atoms with van der Waals surface area (Å²) in [6, 6.07) is 8.18. The second-order valence-electron chi connectivity index (χ2n) is 6.29. The van der Waals surface area contributed by atoms with Gasteiger partial charge in [0.1, 0.15) is 0 Å². The average molecular weight is 319 g/mol. The molecule has 0 spiro atoms. The van der Waals surface area contributed by atoms with Crippen molar-refractivity contribution in [3.05, 3.63) is 41.2 Å². The van der Waals surface area contributed by atoms with Crippen molar-refractivity contribution in [2.75, 3.05) is 18.0 Å². The maximum atomic E-state index is 6.13. The lowest BCUT2D eigenvalue weighted by molar-refractivity contribution is 0.499. The van der Waals surface area contributed by atoms with Gasteiger partial charge in [0.25, 0.3) is 0 Å². The van der Waals surface area contributed by atoms with Crippen molar-refractivity contribution in [3.63, 3.8) is 0 Å². The summed E-state index contributed by atoms with van der Waals surface area (Å²) < 4.78 is 2.01. The SMILES string of the molecule is CC(C)c1c(N2CCC(N)CC2)cnn1-c1cccc(Cl)c1. The molecule has 2 heterocycles. The van der Waals surface area contributed by atoms with Gasteiger partial charge in [0, 0.05) is 24.2 Å². The lowest BCUT2D eigenvalue weighted by Gasteiger charge is -2.32. The second kappa shape index (κ2) is 6.31. The molecule has 0 amide bonds. The minimum Gasteiger partial charge on any atom is -0.369 e. The largest absolute Gasteiger partial charge is 0.369 e. The van der Waals surface area contributed by atoms with Crippen LogP contribution in [0.3, 0.4) is 0 Å². The first kappa shape index (κ1) is 15.4. The van der Waals surface area contributed by atoms with Gasteiger partial charge in [-0.15, -0.1) is 0 Å². The van der Waals surface area contributed by atoms with E-state index in [1.165, 1.54) is 11.4 Å². The zero-order valence-electron chi connectivity index (χ0n) is 13.2. The van der Waals surface area contributed by atoms with Gasteiger partial charge in [-0.1, -0.05) is 31.5 Å². The molecule has 0 unspecified atom stereocenters. The molecule has 1 aromatic carbocycles. The first-order valence-corrected chi connectivity index (χ1v) is 8.28. The molecule has 0 radical (unpaired) electrons. The van der Waals surface area contributed by atoms with Crippen LogP contribution in [0.5, 0.6) is 0 Å². The molecule has 1 fully saturated rings. The fourth-order valence-corrected chi connectivity index (χ4v) is 3.27. The van der Waals surface area contributed by atoms with Gasteiger partial charge in [-0.05, 0) is 37.0 Å². The van der Waals surface area contributed by atoms with E-state index in [2.05, 4.69) is 23.8 Å². The van der Waals surface area contributed by atoms with E-state index in [0.717, 1.165) is 36.6 Å². The second-order valence-corrected chi connectivity index (χ2v) is 6.72. The number of piperidine rings is 1. The predicted octanol–water partition coefficient (Wildman–Crippen LogP) is 3.58. The van der Waals surface area contributed by atoms with E-state index in [1.54, 1.807) is 0 Å². The van der Waals surface area contributed by atoms with Crippen LogP contribution in [0.4, 0.5) is 5.69 Å². The van der Waals surface area contributed by atoms with Crippen molar-refractivity contribution in [1.82, 2.24) is 9.78 Å². The fourth-order valence-electron chi connectivity index (χ4n) is 3.09. The summed E-state index contributed by atoms with van der Waals surface area (Å²) in [7, 11) is 0. The monoisotopic (exact) mass is 318 g/mol. The Labute approximate surface area is 136 Å². The molecule has 1 saturated heterocycles. The Morgan fingerprint density at radius 1 is 1.27 bits per heavy atom. The van der Waals surface area contributed by atoms with Crippen LogP contribution in [0.15, 0.2) is 30.5 Å². The van der Waals surface area contributed by atoms with Crippen LogP contribution in [0, 0.1) is 0 Å². The molecule has 0 saturated carbocycles. The van der Waals surface area contributed by atoms with Gasteiger partial charge in [-0.2, -0.15) is 5.10 Å². The average Bonchev–Trinajstić information content (AvgIpc) is 2.93. The van der Waals surface area contributed by atoms with Crippen molar-refractivity contribution in [3.8, 4) is 5.69 Å². The maximum absolute atomic E-state index is 6.13. The van der Waals surface area contributed by atoms with Gasteiger partial charge in [0.15, 0.2) is 0 Å². The molecule has 0 aliphatic carbocycles. The molecule has 0 bridgehead atoms. The molecule has 1 aliphatic rings. The normalized spacial score (nSPS) is 16.5. The zero-order valence-corrected chi connectivity index (χ0v) is 13.9. The van der Waals surface area contributed by atoms with Gasteiger partial charge < -0.3 is 10.6 Å². The van der Waals surface area contributed by atoms with Gasteiger partial charge in [-0.25, -0.2) is 4.68 Å². The highest BCUT2D eigenvalue weighted by Gasteiger charge is 2.23. The standard InChI is InChI=1S/C17H23ClN4/c1-12(2)17-16(21-8-6-14(19)7-9-21)11-20-22(17)15-5-3-4-13(18)10-15/h3-5,10-12,14H,6-9,19H2,1-2H3. The number of nitrogens with two attached hydrogens (primary N) is 1. The van der Waals surface area contributed by atoms with Crippen molar-refractivity contribution in [1.29, 1.82) is 0 Å². The lowest BCUT2D eigenvalue weighted by Crippen LogP contribution is -2.40. The number of anilines is 1. The molecule has 1 aliphatic heterocycles. The summed E-state index contributed by atoms with van der Waals surface area (Å²) in [5.74, 6) is 0.382. The van der Waals surface area contributed by atoms with E-state index >= 15 is 0 Å². The highest BCUT2D eigenvalue weighted by atomic mass is 35.5. The minimum absolute atomic E-state index is 0.335. The molecule has 0 atom stereocenters. The topological polar surface area (TPSA) is 47.1 Å². The number of benzene rings is 1. The molecular weight excluding hydrogens is 296 g/mol. The summed E-state index contributed by atoms with van der Waals surface area (Å²) in [5, 5.41) is 5.36. The number of hydrogen-bond acceptors (Lipinski definition) is 3. The van der Waals surface area contributed by atoms with Gasteiger partial charge in [0.05, 0.1) is 23.3 Å². The van der Waals surface area contributed by atoms with E-state index < -0.39 is 0 Å². The summed E-state index contributed by atoms with van der Waals surface area (Å²) in [5.41, 5.74) is 9.49. The third-order valence-corrected chi connectivity index (χ3v) is 4.50. The smallest absolute Gasteiger partial charge is 0.0792 e. The Morgan fingerprint density at radius 3 is 2.64 bits per heavy atom. The minimum atomic E-state index is 0.335. The first-order valence-electron chi connectivity index (χ1n) is 7.90. The lowest BCUT2D eigenvalue weighted by atomic mass is 10.0. The maximum Gasteiger partial charge on any atom is 0.0792 e. The third-order valence-electron chi connectivity index (χ3n) is 4.27. The molecule has 1 aromatic heterocycles. The molecule has 2 N–H and O–H groups in total. The van der Waals surface area contributed by atoms with Gasteiger partial charge in [-0.3, -0.25) is 0 Å². The fraction of sp³-hybridized carbons (Fsp3) is 0.471. The number of hydrogen-bond donors (Lipinski definition) is 1. The number of rotatable bonds is 3. The van der Waals surface area contributed by atoms with E-state index in [4.69, 9.17) is 17.3 Å². The van der Waals surface area contributed by atoms with Crippen LogP contribution in [0.1, 0.15) is 38.3 Å². The number of halogens is 1. The van der Waals surface area contributed by atoms with Crippen LogP contribution >= 0.6 is 11.6 Å². The van der Waals surface area contributed by atoms with Crippen LogP contribution in [0.2, 0.25) is 5.02 Å². The summed E-state index contributed by atoms with van der Waals surface area (Å²) in [6.07, 6.45) is 4.06. The van der Waals surface area contributed by atoms with Gasteiger partial charge in [0.2, 0.25) is 0 Å². The number of aromatic nitrogens is 2. The summed E-state index contributed by atoms with van der Waals surface area (Å²) in [4.78, 5) is 2.41. The first-order chi connectivity index (χ1) is 10.6. The predicted molar refractivity (Wildman–Crippen MR) is 92.1 cm³/mol. The summed E-state index contributed by atoms with van der Waals surface area (Å²) in [6.45, 7) is 6.42. The van der Waals surface area contributed by atoms with Crippen LogP contribution < -0.4 is 10.6 Å². The number of nitrogens with zero attached hydrogens (tertiary/aromatic N) is 3. The molecular formula is C17H23ClN4. The van der Waals surface area contributed by atoms with E-state index in [-0.39, 0.29) is 0 Å². The molecule has 118 valence electrons. The van der Waals surface area contributed by atoms with E-state index in [9.17, 15) is 0 Å². The molecule has 2 aromatic rings. The molecule has 3 rings (SSSR count). The van der Waals surface area contributed by atoms with Crippen molar-refractivity contribution in [2.24, 2.45) is 5.73 Å². The van der Waals surface area contributed by atoms with E-state index in [0.29, 0.717) is 12.0 Å². The summed E-state index contributed by atoms with van der Waals surface area (Å²) >= 11 is 6.13. The third kappa shape index (κ3) is 2.99. The molecule has 22 heavy (non-hydrogen) atoms. The highest BCUT2D eigenvalue weighted by molar-refractivity contribution is 6.30. The van der Waals surface area contributed by atoms with Crippen molar-refractivity contribution >= 4 is 17.3 Å². The molecule has 5 heteroatoms. The van der Waals surface area contributed by atoms with Crippen molar-refractivity contribution in [2.45, 2.75) is 38.6 Å². The van der Waals surface area contributed by atoms with Crippen LogP contribution in [-0.2, 0) is 0 Å². The van der Waals surface area contributed by atoms with Crippen molar-refractivity contribution < 1.29 is 0 Å². The Balaban J connectivity index is 1.99. The Bertz CT molecular complexity index is 642. The van der Waals surface area contributed by atoms with Gasteiger partial charge >= 0.3 is 0 Å². The quantitative estimate of drug-likeness (QED) is 0.941. The highest BCUT2D eigenvalue weighted by Crippen LogP contribution is 2.31. The Morgan fingerprint density at radius 2 is 2.00 bits per heavy atom. The zero-order chi connectivity index (χ0) is 15.7. The molecule has 4 nitrogen and oxygen atoms in total. The van der Waals surface area contributed by atoms with Crippen LogP contribution in [-0.4, -0.2) is 28.9 Å². The Hall–Kier alpha value is -1.52. The van der Waals surface area contributed by atoms with Crippen LogP contribution in [0.25, 0.3) is 5.69 Å². The Kier molecular flexibility index (Phi) is 4.41. The van der Waals surface area contributed by atoms with E-state index in [1.807, 2.05) is 35.1 Å².